The molecule has 0 radical (unpaired) electrons. The molecule has 3 N–H and O–H groups in total. The third-order valence-corrected chi connectivity index (χ3v) is 5.86. The van der Waals surface area contributed by atoms with Gasteiger partial charge in [0.1, 0.15) is 4.88 Å². The van der Waals surface area contributed by atoms with E-state index in [0.717, 1.165) is 51.3 Å². The van der Waals surface area contributed by atoms with Crippen LogP contribution in [0.1, 0.15) is 32.1 Å². The fraction of sp³-hybridized carbons (Fsp3) is 0.190. The molecule has 0 saturated carbocycles. The van der Waals surface area contributed by atoms with Gasteiger partial charge in [-0.1, -0.05) is 47.2 Å². The quantitative estimate of drug-likeness (QED) is 0.441. The van der Waals surface area contributed by atoms with Gasteiger partial charge in [0.15, 0.2) is 5.13 Å². The first-order valence-electron chi connectivity index (χ1n) is 8.99. The van der Waals surface area contributed by atoms with Crippen molar-refractivity contribution in [2.75, 3.05) is 15.4 Å². The van der Waals surface area contributed by atoms with E-state index >= 15 is 0 Å². The number of aromatic nitrogens is 1. The zero-order valence-electron chi connectivity index (χ0n) is 16.6. The highest BCUT2D eigenvalue weighted by Crippen LogP contribution is 2.27. The highest BCUT2D eigenvalue weighted by Gasteiger charge is 2.18. The molecule has 150 valence electrons. The monoisotopic (exact) mass is 426 g/mol. The fourth-order valence-electron chi connectivity index (χ4n) is 2.93. The van der Waals surface area contributed by atoms with Crippen molar-refractivity contribution in [1.29, 1.82) is 0 Å². The number of benzene rings is 2. The molecule has 0 unspecified atom stereocenters. The number of amides is 2. The van der Waals surface area contributed by atoms with Crippen molar-refractivity contribution in [2.24, 2.45) is 0 Å². The van der Waals surface area contributed by atoms with E-state index in [0.29, 0.717) is 15.7 Å². The number of nitrogens with zero attached hydrogens (tertiary/aromatic N) is 1. The standard InChI is InChI=1S/C21H22N4O2S2/c1-12-10-13(2)17(14(3)11-12)23-19(26)18-15(4)22-20(28-18)24-21(27)29-25-16-8-6-5-7-9-16/h5-11,25H,1-4H3,(H,23,26)(H,22,24,27). The second kappa shape index (κ2) is 9.11. The van der Waals surface area contributed by atoms with Crippen molar-refractivity contribution in [3.05, 3.63) is 69.7 Å². The SMILES string of the molecule is Cc1cc(C)c(NC(=O)c2sc(NC(=O)SNc3ccccc3)nc2C)c(C)c1. The van der Waals surface area contributed by atoms with Crippen LogP contribution in [0.3, 0.4) is 0 Å². The molecule has 0 saturated heterocycles. The van der Waals surface area contributed by atoms with Crippen LogP contribution in [0.15, 0.2) is 42.5 Å². The Hall–Kier alpha value is -2.84. The molecule has 0 fully saturated rings. The van der Waals surface area contributed by atoms with Gasteiger partial charge < -0.3 is 10.0 Å². The van der Waals surface area contributed by atoms with Gasteiger partial charge in [0, 0.05) is 23.3 Å². The first kappa shape index (κ1) is 20.9. The van der Waals surface area contributed by atoms with Crippen LogP contribution >= 0.6 is 23.3 Å². The van der Waals surface area contributed by atoms with Crippen LogP contribution in [0, 0.1) is 27.7 Å². The van der Waals surface area contributed by atoms with E-state index in [-0.39, 0.29) is 11.1 Å². The van der Waals surface area contributed by atoms with Crippen LogP contribution < -0.4 is 15.4 Å². The maximum Gasteiger partial charge on any atom is 0.305 e. The Kier molecular flexibility index (Phi) is 6.56. The van der Waals surface area contributed by atoms with Crippen molar-refractivity contribution in [3.63, 3.8) is 0 Å². The van der Waals surface area contributed by atoms with Crippen molar-refractivity contribution in [2.45, 2.75) is 27.7 Å². The van der Waals surface area contributed by atoms with Crippen molar-refractivity contribution in [1.82, 2.24) is 4.98 Å². The van der Waals surface area contributed by atoms with E-state index in [1.165, 1.54) is 0 Å². The summed E-state index contributed by atoms with van der Waals surface area (Å²) in [4.78, 5) is 29.7. The van der Waals surface area contributed by atoms with Gasteiger partial charge >= 0.3 is 5.24 Å². The molecule has 0 spiro atoms. The molecule has 2 aromatic carbocycles. The first-order valence-corrected chi connectivity index (χ1v) is 10.6. The molecule has 1 aromatic heterocycles. The molecule has 0 atom stereocenters. The lowest BCUT2D eigenvalue weighted by atomic mass is 10.1. The molecule has 0 aliphatic carbocycles. The van der Waals surface area contributed by atoms with Crippen molar-refractivity contribution in [3.8, 4) is 0 Å². The third kappa shape index (κ3) is 5.36. The van der Waals surface area contributed by atoms with E-state index in [1.807, 2.05) is 63.2 Å². The van der Waals surface area contributed by atoms with Crippen molar-refractivity contribution < 1.29 is 9.59 Å². The Bertz CT molecular complexity index is 1030. The predicted molar refractivity (Wildman–Crippen MR) is 122 cm³/mol. The number of thiazole rings is 1. The van der Waals surface area contributed by atoms with E-state index < -0.39 is 0 Å². The Balaban J connectivity index is 1.65. The molecular formula is C21H22N4O2S2. The summed E-state index contributed by atoms with van der Waals surface area (Å²) < 4.78 is 2.96. The predicted octanol–water partition coefficient (Wildman–Crippen LogP) is 5.92. The molecule has 0 aliphatic rings. The molecule has 8 heteroatoms. The summed E-state index contributed by atoms with van der Waals surface area (Å²) in [6.45, 7) is 7.72. The minimum absolute atomic E-state index is 0.231. The number of hydrogen-bond acceptors (Lipinski definition) is 6. The topological polar surface area (TPSA) is 83.1 Å². The number of anilines is 3. The lowest BCUT2D eigenvalue weighted by Crippen LogP contribution is -2.13. The van der Waals surface area contributed by atoms with Gasteiger partial charge in [0.05, 0.1) is 5.69 Å². The number of rotatable bonds is 5. The average molecular weight is 427 g/mol. The number of aryl methyl sites for hydroxylation is 4. The van der Waals surface area contributed by atoms with E-state index in [1.54, 1.807) is 6.92 Å². The van der Waals surface area contributed by atoms with Gasteiger partial charge in [-0.05, 0) is 51.0 Å². The summed E-state index contributed by atoms with van der Waals surface area (Å²) in [5.41, 5.74) is 5.38. The molecule has 3 rings (SSSR count). The zero-order valence-corrected chi connectivity index (χ0v) is 18.3. The Morgan fingerprint density at radius 2 is 1.62 bits per heavy atom. The molecule has 0 aliphatic heterocycles. The van der Waals surface area contributed by atoms with Gasteiger partial charge in [0.2, 0.25) is 0 Å². The van der Waals surface area contributed by atoms with Crippen molar-refractivity contribution >= 4 is 50.9 Å². The van der Waals surface area contributed by atoms with Crippen LogP contribution in [-0.4, -0.2) is 16.1 Å². The van der Waals surface area contributed by atoms with Crippen LogP contribution in [0.2, 0.25) is 0 Å². The number of carbonyl (C=O) groups excluding carboxylic acids is 2. The van der Waals surface area contributed by atoms with E-state index in [2.05, 4.69) is 20.3 Å². The van der Waals surface area contributed by atoms with Gasteiger partial charge in [-0.25, -0.2) is 4.98 Å². The maximum absolute atomic E-state index is 12.8. The maximum atomic E-state index is 12.8. The summed E-state index contributed by atoms with van der Waals surface area (Å²) in [7, 11) is 0. The Labute approximate surface area is 178 Å². The number of hydrogen-bond donors (Lipinski definition) is 3. The van der Waals surface area contributed by atoms with Gasteiger partial charge in [0.25, 0.3) is 5.91 Å². The Morgan fingerprint density at radius 3 is 2.28 bits per heavy atom. The molecule has 6 nitrogen and oxygen atoms in total. The van der Waals surface area contributed by atoms with Crippen LogP contribution in [0.25, 0.3) is 0 Å². The lowest BCUT2D eigenvalue weighted by molar-refractivity contribution is 0.102. The number of nitrogens with one attached hydrogen (secondary N) is 3. The molecule has 3 aromatic rings. The summed E-state index contributed by atoms with van der Waals surface area (Å²) in [6, 6.07) is 13.5. The molecule has 1 heterocycles. The normalized spacial score (nSPS) is 10.5. The second-order valence-corrected chi connectivity index (χ2v) is 8.42. The largest absolute Gasteiger partial charge is 0.322 e. The number of para-hydroxylation sites is 1. The molecule has 29 heavy (non-hydrogen) atoms. The summed E-state index contributed by atoms with van der Waals surface area (Å²) in [6.07, 6.45) is 0. The molecule has 0 bridgehead atoms. The van der Waals surface area contributed by atoms with Crippen LogP contribution in [0.4, 0.5) is 21.3 Å². The van der Waals surface area contributed by atoms with Gasteiger partial charge in [-0.15, -0.1) is 0 Å². The molecular weight excluding hydrogens is 404 g/mol. The van der Waals surface area contributed by atoms with E-state index in [9.17, 15) is 9.59 Å². The lowest BCUT2D eigenvalue weighted by Gasteiger charge is -2.12. The minimum Gasteiger partial charge on any atom is -0.322 e. The van der Waals surface area contributed by atoms with Gasteiger partial charge in [-0.3, -0.25) is 14.9 Å². The highest BCUT2D eigenvalue weighted by atomic mass is 32.2. The van der Waals surface area contributed by atoms with E-state index in [4.69, 9.17) is 0 Å². The fourth-order valence-corrected chi connectivity index (χ4v) is 4.35. The summed E-state index contributed by atoms with van der Waals surface area (Å²) in [5, 5.41) is 5.77. The summed E-state index contributed by atoms with van der Waals surface area (Å²) in [5.74, 6) is -0.231. The highest BCUT2D eigenvalue weighted by molar-refractivity contribution is 8.15. The number of carbonyl (C=O) groups is 2. The minimum atomic E-state index is -0.306. The smallest absolute Gasteiger partial charge is 0.305 e. The van der Waals surface area contributed by atoms with Gasteiger partial charge in [-0.2, -0.15) is 0 Å². The third-order valence-electron chi connectivity index (χ3n) is 4.16. The second-order valence-electron chi connectivity index (χ2n) is 6.64. The van der Waals surface area contributed by atoms with Crippen LogP contribution in [0.5, 0.6) is 0 Å². The molecule has 2 amide bonds. The zero-order chi connectivity index (χ0) is 21.0. The van der Waals surface area contributed by atoms with Crippen LogP contribution in [-0.2, 0) is 0 Å². The first-order chi connectivity index (χ1) is 13.8. The summed E-state index contributed by atoms with van der Waals surface area (Å²) >= 11 is 2.08. The average Bonchev–Trinajstić information content (AvgIpc) is 3.04. The Morgan fingerprint density at radius 1 is 0.966 bits per heavy atom.